The van der Waals surface area contributed by atoms with Crippen molar-refractivity contribution in [3.05, 3.63) is 63.6 Å². The van der Waals surface area contributed by atoms with Crippen molar-refractivity contribution in [3.63, 3.8) is 0 Å². The summed E-state index contributed by atoms with van der Waals surface area (Å²) in [7, 11) is -3.77. The van der Waals surface area contributed by atoms with Crippen molar-refractivity contribution < 1.29 is 13.5 Å². The van der Waals surface area contributed by atoms with Crippen LogP contribution in [0.1, 0.15) is 11.1 Å². The van der Waals surface area contributed by atoms with E-state index in [9.17, 15) is 13.5 Å². The lowest BCUT2D eigenvalue weighted by Crippen LogP contribution is -2.28. The standard InChI is InChI=1S/C16H13Cl2N3O3S/c17-12-6-5-11(14(18)9-12)10-19-21(7-8-22)16-13-3-1-2-4-15(13)25(23,24)20-16/h1-6,9-10,22H,7-8H2/b19-10+. The van der Waals surface area contributed by atoms with Gasteiger partial charge in [-0.15, -0.1) is 4.40 Å². The van der Waals surface area contributed by atoms with E-state index in [2.05, 4.69) is 9.50 Å². The summed E-state index contributed by atoms with van der Waals surface area (Å²) < 4.78 is 28.1. The van der Waals surface area contributed by atoms with Crippen molar-refractivity contribution in [1.29, 1.82) is 0 Å². The average Bonchev–Trinajstić information content (AvgIpc) is 2.85. The monoisotopic (exact) mass is 397 g/mol. The number of hydrogen-bond donors (Lipinski definition) is 1. The van der Waals surface area contributed by atoms with E-state index in [0.717, 1.165) is 0 Å². The fraction of sp³-hybridized carbons (Fsp3) is 0.125. The van der Waals surface area contributed by atoms with Crippen molar-refractivity contribution >= 4 is 45.3 Å². The van der Waals surface area contributed by atoms with Gasteiger partial charge in [-0.25, -0.2) is 5.01 Å². The summed E-state index contributed by atoms with van der Waals surface area (Å²) in [4.78, 5) is 0.118. The second kappa shape index (κ2) is 7.13. The minimum absolute atomic E-state index is 0.0738. The first-order valence-electron chi connectivity index (χ1n) is 7.24. The fourth-order valence-corrected chi connectivity index (χ4v) is 3.99. The van der Waals surface area contributed by atoms with Crippen LogP contribution >= 0.6 is 23.2 Å². The third-order valence-electron chi connectivity index (χ3n) is 3.47. The van der Waals surface area contributed by atoms with Gasteiger partial charge in [-0.05, 0) is 24.3 Å². The van der Waals surface area contributed by atoms with Gasteiger partial charge in [-0.1, -0.05) is 41.4 Å². The van der Waals surface area contributed by atoms with Crippen LogP contribution in [0.25, 0.3) is 0 Å². The number of aliphatic hydroxyl groups excluding tert-OH is 1. The van der Waals surface area contributed by atoms with Crippen LogP contribution in [0.4, 0.5) is 0 Å². The summed E-state index contributed by atoms with van der Waals surface area (Å²) in [6.45, 7) is -0.155. The summed E-state index contributed by atoms with van der Waals surface area (Å²) in [5, 5.41) is 15.8. The minimum atomic E-state index is -3.77. The van der Waals surface area contributed by atoms with Crippen LogP contribution in [0.3, 0.4) is 0 Å². The van der Waals surface area contributed by atoms with E-state index < -0.39 is 10.0 Å². The van der Waals surface area contributed by atoms with Gasteiger partial charge in [0, 0.05) is 16.1 Å². The first kappa shape index (κ1) is 17.9. The molecular formula is C16H13Cl2N3O3S. The lowest BCUT2D eigenvalue weighted by atomic mass is 10.2. The molecule has 0 fully saturated rings. The third kappa shape index (κ3) is 3.69. The molecule has 0 atom stereocenters. The normalized spacial score (nSPS) is 15.2. The fourth-order valence-electron chi connectivity index (χ4n) is 2.33. The number of fused-ring (bicyclic) bond motifs is 1. The number of benzene rings is 2. The van der Waals surface area contributed by atoms with Crippen LogP contribution in [-0.2, 0) is 10.0 Å². The Balaban J connectivity index is 1.99. The molecule has 0 unspecified atom stereocenters. The van der Waals surface area contributed by atoms with Crippen molar-refractivity contribution in [2.45, 2.75) is 4.90 Å². The van der Waals surface area contributed by atoms with Crippen molar-refractivity contribution in [3.8, 4) is 0 Å². The molecule has 0 aliphatic carbocycles. The molecule has 6 nitrogen and oxygen atoms in total. The van der Waals surface area contributed by atoms with Crippen LogP contribution in [0.2, 0.25) is 10.0 Å². The molecule has 130 valence electrons. The minimum Gasteiger partial charge on any atom is -0.394 e. The lowest BCUT2D eigenvalue weighted by molar-refractivity contribution is 0.254. The lowest BCUT2D eigenvalue weighted by Gasteiger charge is -2.17. The number of hydrazone groups is 1. The van der Waals surface area contributed by atoms with Gasteiger partial charge in [-0.2, -0.15) is 13.5 Å². The van der Waals surface area contributed by atoms with Crippen LogP contribution in [-0.4, -0.2) is 43.7 Å². The number of rotatable bonds is 4. The summed E-state index contributed by atoms with van der Waals surface area (Å²) in [5.74, 6) is 0.158. The molecule has 0 saturated carbocycles. The quantitative estimate of drug-likeness (QED) is 0.634. The SMILES string of the molecule is O=S1(=O)N=C(N(CCO)/N=C/c2ccc(Cl)cc2Cl)c2ccccc21. The zero-order valence-corrected chi connectivity index (χ0v) is 15.1. The summed E-state index contributed by atoms with van der Waals surface area (Å²) in [6, 6.07) is 11.4. The molecule has 0 aromatic heterocycles. The largest absolute Gasteiger partial charge is 0.394 e. The van der Waals surface area contributed by atoms with Gasteiger partial charge in [0.1, 0.15) is 4.90 Å². The van der Waals surface area contributed by atoms with E-state index in [1.54, 1.807) is 36.4 Å². The van der Waals surface area contributed by atoms with E-state index >= 15 is 0 Å². The van der Waals surface area contributed by atoms with Gasteiger partial charge in [0.2, 0.25) is 0 Å². The van der Waals surface area contributed by atoms with E-state index in [1.165, 1.54) is 17.3 Å². The molecule has 1 aliphatic heterocycles. The van der Waals surface area contributed by atoms with Gasteiger partial charge in [0.15, 0.2) is 5.84 Å². The maximum absolute atomic E-state index is 12.2. The Morgan fingerprint density at radius 3 is 2.68 bits per heavy atom. The molecule has 9 heteroatoms. The maximum atomic E-state index is 12.2. The molecule has 0 amide bonds. The van der Waals surface area contributed by atoms with Crippen LogP contribution in [0.15, 0.2) is 56.9 Å². The second-order valence-corrected chi connectivity index (χ2v) is 7.56. The Morgan fingerprint density at radius 2 is 1.96 bits per heavy atom. The number of nitrogens with zero attached hydrogens (tertiary/aromatic N) is 3. The number of hydrogen-bond acceptors (Lipinski definition) is 5. The molecule has 0 spiro atoms. The Kier molecular flexibility index (Phi) is 5.10. The van der Waals surface area contributed by atoms with Gasteiger partial charge >= 0.3 is 0 Å². The van der Waals surface area contributed by atoms with Crippen molar-refractivity contribution in [2.24, 2.45) is 9.50 Å². The first-order chi connectivity index (χ1) is 11.9. The number of sulfonamides is 1. The highest BCUT2D eigenvalue weighted by Gasteiger charge is 2.31. The summed E-state index contributed by atoms with van der Waals surface area (Å²) in [5.41, 5.74) is 1.04. The molecule has 1 aliphatic rings. The Bertz CT molecular complexity index is 974. The number of halogens is 2. The first-order valence-corrected chi connectivity index (χ1v) is 9.44. The Morgan fingerprint density at radius 1 is 1.20 bits per heavy atom. The number of aliphatic hydroxyl groups is 1. The average molecular weight is 398 g/mol. The molecule has 1 heterocycles. The van der Waals surface area contributed by atoms with E-state index in [0.29, 0.717) is 21.2 Å². The molecule has 0 radical (unpaired) electrons. The summed E-state index contributed by atoms with van der Waals surface area (Å²) >= 11 is 12.0. The molecule has 3 rings (SSSR count). The van der Waals surface area contributed by atoms with E-state index in [-0.39, 0.29) is 23.9 Å². The van der Waals surface area contributed by atoms with Gasteiger partial charge in [0.05, 0.1) is 24.4 Å². The van der Waals surface area contributed by atoms with Gasteiger partial charge in [-0.3, -0.25) is 0 Å². The highest BCUT2D eigenvalue weighted by Crippen LogP contribution is 2.27. The Hall–Kier alpha value is -1.93. The second-order valence-electron chi connectivity index (χ2n) is 5.14. The number of amidine groups is 1. The van der Waals surface area contributed by atoms with Crippen LogP contribution < -0.4 is 0 Å². The van der Waals surface area contributed by atoms with Gasteiger partial charge < -0.3 is 5.11 Å². The maximum Gasteiger partial charge on any atom is 0.285 e. The highest BCUT2D eigenvalue weighted by molar-refractivity contribution is 7.90. The zero-order valence-electron chi connectivity index (χ0n) is 12.8. The van der Waals surface area contributed by atoms with Crippen LogP contribution in [0, 0.1) is 0 Å². The molecule has 2 aromatic carbocycles. The van der Waals surface area contributed by atoms with Crippen molar-refractivity contribution in [2.75, 3.05) is 13.2 Å². The summed E-state index contributed by atoms with van der Waals surface area (Å²) in [6.07, 6.45) is 1.46. The van der Waals surface area contributed by atoms with E-state index in [1.807, 2.05) is 0 Å². The molecule has 25 heavy (non-hydrogen) atoms. The topological polar surface area (TPSA) is 82.3 Å². The predicted octanol–water partition coefficient (Wildman–Crippen LogP) is 2.77. The van der Waals surface area contributed by atoms with Crippen molar-refractivity contribution in [1.82, 2.24) is 5.01 Å². The Labute approximate surface area is 155 Å². The third-order valence-corrected chi connectivity index (χ3v) is 5.36. The zero-order chi connectivity index (χ0) is 18.0. The molecule has 0 bridgehead atoms. The smallest absolute Gasteiger partial charge is 0.285 e. The molecule has 2 aromatic rings. The van der Waals surface area contributed by atoms with Crippen LogP contribution in [0.5, 0.6) is 0 Å². The highest BCUT2D eigenvalue weighted by atomic mass is 35.5. The molecular weight excluding hydrogens is 385 g/mol. The molecule has 1 N–H and O–H groups in total. The molecule has 0 saturated heterocycles. The van der Waals surface area contributed by atoms with E-state index in [4.69, 9.17) is 23.2 Å². The predicted molar refractivity (Wildman–Crippen MR) is 98.0 cm³/mol. The van der Waals surface area contributed by atoms with Gasteiger partial charge in [0.25, 0.3) is 10.0 Å².